The van der Waals surface area contributed by atoms with Gasteiger partial charge < -0.3 is 15.4 Å². The molecule has 2 aromatic heterocycles. The Morgan fingerprint density at radius 3 is 2.60 bits per heavy atom. The summed E-state index contributed by atoms with van der Waals surface area (Å²) < 4.78 is 5.49. The molecule has 4 aromatic rings. The second kappa shape index (κ2) is 8.12. The van der Waals surface area contributed by atoms with E-state index in [-0.39, 0.29) is 1.43 Å². The zero-order chi connectivity index (χ0) is 20.3. The lowest BCUT2D eigenvalue weighted by atomic mass is 10.0. The van der Waals surface area contributed by atoms with Gasteiger partial charge in [-0.1, -0.05) is 42.5 Å². The lowest BCUT2D eigenvalue weighted by Crippen LogP contribution is -2.28. The van der Waals surface area contributed by atoms with Crippen molar-refractivity contribution in [2.45, 2.75) is 25.8 Å². The molecule has 154 valence electrons. The van der Waals surface area contributed by atoms with Gasteiger partial charge in [0.2, 0.25) is 0 Å². The molecule has 0 unspecified atom stereocenters. The fourth-order valence-corrected chi connectivity index (χ4v) is 3.79. The number of nitrogens with one attached hydrogen (secondary N) is 3. The zero-order valence-electron chi connectivity index (χ0n) is 16.9. The topological polar surface area (TPSA) is 87.8 Å². The van der Waals surface area contributed by atoms with Crippen molar-refractivity contribution in [3.63, 3.8) is 0 Å². The van der Waals surface area contributed by atoms with Crippen molar-refractivity contribution in [2.75, 3.05) is 23.8 Å². The van der Waals surface area contributed by atoms with Crippen molar-refractivity contribution < 1.29 is 6.16 Å². The number of ether oxygens (including phenoxy) is 1. The van der Waals surface area contributed by atoms with Gasteiger partial charge in [0, 0.05) is 44.1 Å². The predicted molar refractivity (Wildman–Crippen MR) is 121 cm³/mol. The molecule has 3 heterocycles. The standard InChI is InChI=1S/C23H24N6O.H2/c1-15-13-22(29-28-15)25-21-14-20(24-17-9-11-30-12-10-17)26-23(27-21)19-8-4-6-16-5-2-3-7-18(16)19;/h2-8,13-14,17H,9-12H2,1H3,(H3,24,25,26,27,28,29);1H. The fourth-order valence-electron chi connectivity index (χ4n) is 3.79. The third kappa shape index (κ3) is 3.97. The van der Waals surface area contributed by atoms with Gasteiger partial charge in [-0.3, -0.25) is 5.10 Å². The highest BCUT2D eigenvalue weighted by Gasteiger charge is 2.16. The van der Waals surface area contributed by atoms with E-state index in [0.717, 1.165) is 54.3 Å². The van der Waals surface area contributed by atoms with Crippen LogP contribution in [0.2, 0.25) is 0 Å². The van der Waals surface area contributed by atoms with Crippen LogP contribution in [0.15, 0.2) is 54.6 Å². The highest BCUT2D eigenvalue weighted by molar-refractivity contribution is 5.95. The van der Waals surface area contributed by atoms with E-state index in [1.807, 2.05) is 37.3 Å². The van der Waals surface area contributed by atoms with Gasteiger partial charge in [-0.15, -0.1) is 0 Å². The van der Waals surface area contributed by atoms with Gasteiger partial charge in [0.1, 0.15) is 11.6 Å². The molecule has 0 amide bonds. The minimum Gasteiger partial charge on any atom is -0.381 e. The van der Waals surface area contributed by atoms with Crippen LogP contribution in [-0.2, 0) is 4.74 Å². The van der Waals surface area contributed by atoms with Crippen LogP contribution in [0.25, 0.3) is 22.2 Å². The number of aryl methyl sites for hydroxylation is 1. The molecule has 3 N–H and O–H groups in total. The second-order valence-corrected chi connectivity index (χ2v) is 7.58. The van der Waals surface area contributed by atoms with Crippen LogP contribution in [0.4, 0.5) is 17.5 Å². The Balaban J connectivity index is 0.00000231. The molecule has 2 aromatic carbocycles. The van der Waals surface area contributed by atoms with E-state index in [4.69, 9.17) is 14.7 Å². The maximum atomic E-state index is 5.49. The van der Waals surface area contributed by atoms with E-state index in [0.29, 0.717) is 17.7 Å². The van der Waals surface area contributed by atoms with E-state index in [1.165, 1.54) is 5.39 Å². The Labute approximate surface area is 176 Å². The number of aromatic amines is 1. The molecule has 30 heavy (non-hydrogen) atoms. The summed E-state index contributed by atoms with van der Waals surface area (Å²) in [5.41, 5.74) is 1.99. The first kappa shape index (κ1) is 18.6. The molecule has 0 bridgehead atoms. The van der Waals surface area contributed by atoms with Gasteiger partial charge in [-0.2, -0.15) is 5.10 Å². The largest absolute Gasteiger partial charge is 0.381 e. The number of nitrogens with zero attached hydrogens (tertiary/aromatic N) is 3. The molecular formula is C23H26N6O. The van der Waals surface area contributed by atoms with Crippen LogP contribution < -0.4 is 10.6 Å². The Hall–Kier alpha value is -3.45. The second-order valence-electron chi connectivity index (χ2n) is 7.58. The summed E-state index contributed by atoms with van der Waals surface area (Å²) in [5.74, 6) is 2.91. The summed E-state index contributed by atoms with van der Waals surface area (Å²) in [4.78, 5) is 9.67. The van der Waals surface area contributed by atoms with E-state index in [1.54, 1.807) is 0 Å². The first-order valence-corrected chi connectivity index (χ1v) is 10.3. The molecule has 1 aliphatic rings. The Morgan fingerprint density at radius 1 is 0.967 bits per heavy atom. The van der Waals surface area contributed by atoms with E-state index < -0.39 is 0 Å². The molecule has 7 heteroatoms. The Bertz CT molecular complexity index is 1170. The number of H-pyrrole nitrogens is 1. The first-order valence-electron chi connectivity index (χ1n) is 10.3. The minimum absolute atomic E-state index is 0. The Kier molecular flexibility index (Phi) is 5.03. The number of hydrogen-bond donors (Lipinski definition) is 3. The number of fused-ring (bicyclic) bond motifs is 1. The molecule has 0 atom stereocenters. The van der Waals surface area contributed by atoms with Crippen molar-refractivity contribution >= 4 is 28.2 Å². The van der Waals surface area contributed by atoms with Gasteiger partial charge >= 0.3 is 0 Å². The number of hydrogen-bond acceptors (Lipinski definition) is 6. The maximum Gasteiger partial charge on any atom is 0.164 e. The number of anilines is 3. The zero-order valence-corrected chi connectivity index (χ0v) is 16.9. The maximum absolute atomic E-state index is 5.49. The highest BCUT2D eigenvalue weighted by atomic mass is 16.5. The molecule has 0 radical (unpaired) electrons. The Morgan fingerprint density at radius 2 is 1.77 bits per heavy atom. The summed E-state index contributed by atoms with van der Waals surface area (Å²) >= 11 is 0. The van der Waals surface area contributed by atoms with Crippen molar-refractivity contribution in [3.05, 3.63) is 60.3 Å². The van der Waals surface area contributed by atoms with E-state index >= 15 is 0 Å². The summed E-state index contributed by atoms with van der Waals surface area (Å²) in [7, 11) is 0. The highest BCUT2D eigenvalue weighted by Crippen LogP contribution is 2.29. The van der Waals surface area contributed by atoms with Crippen LogP contribution in [0.5, 0.6) is 0 Å². The summed E-state index contributed by atoms with van der Waals surface area (Å²) in [6, 6.07) is 18.8. The minimum atomic E-state index is 0. The smallest absolute Gasteiger partial charge is 0.164 e. The van der Waals surface area contributed by atoms with Crippen LogP contribution in [0.3, 0.4) is 0 Å². The fraction of sp³-hybridized carbons (Fsp3) is 0.261. The van der Waals surface area contributed by atoms with Crippen LogP contribution >= 0.6 is 0 Å². The van der Waals surface area contributed by atoms with Crippen LogP contribution in [0.1, 0.15) is 20.0 Å². The molecule has 1 aliphatic heterocycles. The van der Waals surface area contributed by atoms with E-state index in [9.17, 15) is 0 Å². The number of rotatable bonds is 5. The third-order valence-corrected chi connectivity index (χ3v) is 5.29. The first-order chi connectivity index (χ1) is 14.7. The molecule has 5 rings (SSSR count). The van der Waals surface area contributed by atoms with Crippen LogP contribution in [-0.4, -0.2) is 39.4 Å². The van der Waals surface area contributed by atoms with E-state index in [2.05, 4.69) is 45.1 Å². The monoisotopic (exact) mass is 402 g/mol. The van der Waals surface area contributed by atoms with Gasteiger partial charge in [0.15, 0.2) is 11.6 Å². The van der Waals surface area contributed by atoms with Gasteiger partial charge in [-0.25, -0.2) is 9.97 Å². The number of benzene rings is 2. The van der Waals surface area contributed by atoms with Crippen molar-refractivity contribution in [1.82, 2.24) is 20.2 Å². The normalized spacial score (nSPS) is 14.7. The molecule has 1 saturated heterocycles. The predicted octanol–water partition coefficient (Wildman–Crippen LogP) is 4.91. The lowest BCUT2D eigenvalue weighted by Gasteiger charge is -2.24. The van der Waals surface area contributed by atoms with Crippen molar-refractivity contribution in [1.29, 1.82) is 0 Å². The van der Waals surface area contributed by atoms with Gasteiger partial charge in [-0.05, 0) is 30.5 Å². The van der Waals surface area contributed by atoms with Crippen molar-refractivity contribution in [3.8, 4) is 11.4 Å². The van der Waals surface area contributed by atoms with Crippen molar-refractivity contribution in [2.24, 2.45) is 0 Å². The molecule has 7 nitrogen and oxygen atoms in total. The molecule has 0 saturated carbocycles. The van der Waals surface area contributed by atoms with Gasteiger partial charge in [0.25, 0.3) is 0 Å². The number of aromatic nitrogens is 4. The SMILES string of the molecule is Cc1cc(Nc2cc(NC3CCOCC3)nc(-c3cccc4ccccc34)n2)n[nH]1.[HH]. The molecule has 1 fully saturated rings. The molecular weight excluding hydrogens is 376 g/mol. The van der Waals surface area contributed by atoms with Gasteiger partial charge in [0.05, 0.1) is 0 Å². The summed E-state index contributed by atoms with van der Waals surface area (Å²) in [6.45, 7) is 3.52. The summed E-state index contributed by atoms with van der Waals surface area (Å²) in [5, 5.41) is 16.4. The third-order valence-electron chi connectivity index (χ3n) is 5.29. The summed E-state index contributed by atoms with van der Waals surface area (Å²) in [6.07, 6.45) is 1.93. The lowest BCUT2D eigenvalue weighted by molar-refractivity contribution is 0.0904. The quantitative estimate of drug-likeness (QED) is 0.440. The average molecular weight is 403 g/mol. The molecule has 0 aliphatic carbocycles. The molecule has 0 spiro atoms. The average Bonchev–Trinajstić information content (AvgIpc) is 3.18. The van der Waals surface area contributed by atoms with Crippen LogP contribution in [0, 0.1) is 6.92 Å².